The molecule has 0 bridgehead atoms. The van der Waals surface area contributed by atoms with Crippen LogP contribution in [-0.2, 0) is 11.3 Å². The third-order valence-electron chi connectivity index (χ3n) is 2.98. The highest BCUT2D eigenvalue weighted by atomic mass is 32.1. The fourth-order valence-electron chi connectivity index (χ4n) is 1.73. The summed E-state index contributed by atoms with van der Waals surface area (Å²) < 4.78 is 0. The number of likely N-dealkylation sites (N-methyl/N-ethyl adjacent to an activating group) is 1. The minimum atomic E-state index is -0.114. The van der Waals surface area contributed by atoms with E-state index in [0.717, 1.165) is 19.6 Å². The number of hydrogen-bond donors (Lipinski definition) is 1. The minimum absolute atomic E-state index is 0.114. The number of carbonyl (C=O) groups excluding carboxylic acids is 1. The number of amides is 1. The lowest BCUT2D eigenvalue weighted by Crippen LogP contribution is -2.44. The summed E-state index contributed by atoms with van der Waals surface area (Å²) in [5.74, 6) is 0.184. The summed E-state index contributed by atoms with van der Waals surface area (Å²) >= 11 is 1.74. The van der Waals surface area contributed by atoms with Gasteiger partial charge in [-0.15, -0.1) is 11.3 Å². The second-order valence-electron chi connectivity index (χ2n) is 4.14. The maximum absolute atomic E-state index is 12.0. The smallest absolute Gasteiger partial charge is 0.239 e. The molecule has 0 aromatic carbocycles. The van der Waals surface area contributed by atoms with E-state index in [4.69, 9.17) is 0 Å². The fourth-order valence-corrected chi connectivity index (χ4v) is 2.58. The lowest BCUT2D eigenvalue weighted by Gasteiger charge is -2.23. The number of aryl methyl sites for hydroxylation is 1. The van der Waals surface area contributed by atoms with Gasteiger partial charge in [-0.3, -0.25) is 4.79 Å². The van der Waals surface area contributed by atoms with E-state index in [0.29, 0.717) is 0 Å². The Labute approximate surface area is 108 Å². The molecule has 0 saturated heterocycles. The van der Waals surface area contributed by atoms with E-state index in [1.807, 2.05) is 25.7 Å². The Kier molecular flexibility index (Phi) is 5.65. The number of nitrogens with zero attached hydrogens (tertiary/aromatic N) is 1. The molecule has 1 atom stereocenters. The normalized spacial score (nSPS) is 12.5. The van der Waals surface area contributed by atoms with Crippen LogP contribution in [0.3, 0.4) is 0 Å². The summed E-state index contributed by atoms with van der Waals surface area (Å²) in [4.78, 5) is 15.2. The Morgan fingerprint density at radius 3 is 2.59 bits per heavy atom. The molecule has 3 nitrogen and oxygen atoms in total. The minimum Gasteiger partial charge on any atom is -0.342 e. The summed E-state index contributed by atoms with van der Waals surface area (Å²) in [6.45, 7) is 10.4. The molecule has 0 spiro atoms. The monoisotopic (exact) mass is 254 g/mol. The number of carbonyl (C=O) groups is 1. The van der Waals surface area contributed by atoms with Crippen LogP contribution in [0.5, 0.6) is 0 Å². The van der Waals surface area contributed by atoms with Gasteiger partial charge in [-0.05, 0) is 44.7 Å². The van der Waals surface area contributed by atoms with Crippen LogP contribution in [0.4, 0.5) is 0 Å². The highest BCUT2D eigenvalue weighted by Crippen LogP contribution is 2.15. The van der Waals surface area contributed by atoms with Crippen LogP contribution >= 0.6 is 11.3 Å². The molecule has 0 aliphatic heterocycles. The highest BCUT2D eigenvalue weighted by molar-refractivity contribution is 7.10. The van der Waals surface area contributed by atoms with Crippen LogP contribution in [0.25, 0.3) is 0 Å². The van der Waals surface area contributed by atoms with Crippen molar-refractivity contribution >= 4 is 17.2 Å². The van der Waals surface area contributed by atoms with E-state index in [1.54, 1.807) is 11.3 Å². The van der Waals surface area contributed by atoms with Gasteiger partial charge in [0.05, 0.1) is 6.04 Å². The third kappa shape index (κ3) is 3.82. The number of nitrogens with one attached hydrogen (secondary N) is 1. The Morgan fingerprint density at radius 2 is 2.12 bits per heavy atom. The Balaban J connectivity index is 2.47. The van der Waals surface area contributed by atoms with Crippen molar-refractivity contribution in [2.24, 2.45) is 0 Å². The molecule has 96 valence electrons. The maximum atomic E-state index is 12.0. The van der Waals surface area contributed by atoms with Crippen LogP contribution in [-0.4, -0.2) is 29.9 Å². The predicted molar refractivity (Wildman–Crippen MR) is 73.3 cm³/mol. The fraction of sp³-hybridized carbons (Fsp3) is 0.615. The molecule has 0 saturated carbocycles. The highest BCUT2D eigenvalue weighted by Gasteiger charge is 2.17. The summed E-state index contributed by atoms with van der Waals surface area (Å²) in [5, 5.41) is 5.38. The number of thiophene rings is 1. The number of hydrogen-bond acceptors (Lipinski definition) is 3. The van der Waals surface area contributed by atoms with Gasteiger partial charge >= 0.3 is 0 Å². The van der Waals surface area contributed by atoms with Crippen LogP contribution in [0.15, 0.2) is 11.4 Å². The first kappa shape index (κ1) is 14.2. The zero-order valence-corrected chi connectivity index (χ0v) is 11.9. The molecule has 0 aliphatic rings. The lowest BCUT2D eigenvalue weighted by atomic mass is 10.2. The van der Waals surface area contributed by atoms with Crippen molar-refractivity contribution in [3.8, 4) is 0 Å². The van der Waals surface area contributed by atoms with Gasteiger partial charge in [0.2, 0.25) is 5.91 Å². The molecule has 1 aromatic rings. The average Bonchev–Trinajstić information content (AvgIpc) is 2.73. The molecular weight excluding hydrogens is 232 g/mol. The Bertz CT molecular complexity index is 358. The van der Waals surface area contributed by atoms with Crippen molar-refractivity contribution in [1.82, 2.24) is 10.2 Å². The molecule has 0 aliphatic carbocycles. The van der Waals surface area contributed by atoms with E-state index in [9.17, 15) is 4.79 Å². The van der Waals surface area contributed by atoms with E-state index < -0.39 is 0 Å². The maximum Gasteiger partial charge on any atom is 0.239 e. The molecule has 4 heteroatoms. The molecule has 1 rings (SSSR count). The second kappa shape index (κ2) is 6.77. The van der Waals surface area contributed by atoms with Gasteiger partial charge in [0, 0.05) is 24.5 Å². The summed E-state index contributed by atoms with van der Waals surface area (Å²) in [6.07, 6.45) is 0. The van der Waals surface area contributed by atoms with Crippen molar-refractivity contribution in [1.29, 1.82) is 0 Å². The lowest BCUT2D eigenvalue weighted by molar-refractivity contribution is -0.132. The van der Waals surface area contributed by atoms with Crippen molar-refractivity contribution in [3.63, 3.8) is 0 Å². The third-order valence-corrected chi connectivity index (χ3v) is 4.01. The summed E-state index contributed by atoms with van der Waals surface area (Å²) in [5.41, 5.74) is 1.30. The topological polar surface area (TPSA) is 32.3 Å². The zero-order valence-electron chi connectivity index (χ0n) is 11.1. The molecule has 0 radical (unpaired) electrons. The van der Waals surface area contributed by atoms with Gasteiger partial charge < -0.3 is 10.2 Å². The van der Waals surface area contributed by atoms with E-state index in [-0.39, 0.29) is 11.9 Å². The first-order valence-electron chi connectivity index (χ1n) is 6.15. The van der Waals surface area contributed by atoms with E-state index in [2.05, 4.69) is 23.7 Å². The van der Waals surface area contributed by atoms with E-state index >= 15 is 0 Å². The Morgan fingerprint density at radius 1 is 1.47 bits per heavy atom. The largest absolute Gasteiger partial charge is 0.342 e. The van der Waals surface area contributed by atoms with Gasteiger partial charge in [0.25, 0.3) is 0 Å². The van der Waals surface area contributed by atoms with E-state index in [1.165, 1.54) is 10.4 Å². The molecule has 1 unspecified atom stereocenters. The molecule has 0 fully saturated rings. The van der Waals surface area contributed by atoms with Crippen LogP contribution < -0.4 is 5.32 Å². The van der Waals surface area contributed by atoms with Gasteiger partial charge in [-0.25, -0.2) is 0 Å². The van der Waals surface area contributed by atoms with Crippen molar-refractivity contribution in [2.45, 2.75) is 40.3 Å². The average molecular weight is 254 g/mol. The van der Waals surface area contributed by atoms with Crippen molar-refractivity contribution in [3.05, 3.63) is 21.9 Å². The summed E-state index contributed by atoms with van der Waals surface area (Å²) in [7, 11) is 0. The zero-order chi connectivity index (χ0) is 12.8. The number of rotatable bonds is 6. The summed E-state index contributed by atoms with van der Waals surface area (Å²) in [6, 6.07) is 2.00. The first-order chi connectivity index (χ1) is 8.10. The molecule has 1 amide bonds. The van der Waals surface area contributed by atoms with Crippen LogP contribution in [0.2, 0.25) is 0 Å². The van der Waals surface area contributed by atoms with Crippen LogP contribution in [0.1, 0.15) is 31.2 Å². The standard InChI is InChI=1S/C13H22N2OS/c1-5-15(6-2)13(16)11(4)14-9-12-10(3)7-8-17-12/h7-8,11,14H,5-6,9H2,1-4H3. The molecule has 17 heavy (non-hydrogen) atoms. The van der Waals surface area contributed by atoms with Crippen molar-refractivity contribution in [2.75, 3.05) is 13.1 Å². The second-order valence-corrected chi connectivity index (χ2v) is 5.14. The quantitative estimate of drug-likeness (QED) is 0.845. The molecular formula is C13H22N2OS. The van der Waals surface area contributed by atoms with Gasteiger partial charge in [0.15, 0.2) is 0 Å². The molecule has 1 N–H and O–H groups in total. The van der Waals surface area contributed by atoms with Gasteiger partial charge in [-0.1, -0.05) is 0 Å². The molecule has 1 aromatic heterocycles. The van der Waals surface area contributed by atoms with Crippen LogP contribution in [0, 0.1) is 6.92 Å². The predicted octanol–water partition coefficient (Wildman–Crippen LogP) is 2.40. The van der Waals surface area contributed by atoms with Gasteiger partial charge in [0.1, 0.15) is 0 Å². The molecule has 1 heterocycles. The van der Waals surface area contributed by atoms with Crippen molar-refractivity contribution < 1.29 is 4.79 Å². The van der Waals surface area contributed by atoms with Gasteiger partial charge in [-0.2, -0.15) is 0 Å². The Hall–Kier alpha value is -0.870. The first-order valence-corrected chi connectivity index (χ1v) is 7.03. The SMILES string of the molecule is CCN(CC)C(=O)C(C)NCc1sccc1C.